The molecule has 1 aromatic heterocycles. The first-order chi connectivity index (χ1) is 13.9. The number of hydrogen-bond acceptors (Lipinski definition) is 5. The maximum absolute atomic E-state index is 12.5. The van der Waals surface area contributed by atoms with E-state index in [1.54, 1.807) is 24.3 Å². The quantitative estimate of drug-likeness (QED) is 0.431. The summed E-state index contributed by atoms with van der Waals surface area (Å²) in [6, 6.07) is 14.4. The Morgan fingerprint density at radius 2 is 1.90 bits per heavy atom. The number of thiophene rings is 1. The van der Waals surface area contributed by atoms with Gasteiger partial charge >= 0.3 is 5.97 Å². The second-order valence-corrected chi connectivity index (χ2v) is 8.61. The number of carbonyl (C=O) groups is 2. The minimum atomic E-state index is -0.515. The number of benzene rings is 2. The maximum atomic E-state index is 12.5. The predicted molar refractivity (Wildman–Crippen MR) is 119 cm³/mol. The van der Waals surface area contributed by atoms with Gasteiger partial charge in [-0.25, -0.2) is 4.79 Å². The molecule has 5 nitrogen and oxygen atoms in total. The van der Waals surface area contributed by atoms with Crippen molar-refractivity contribution in [2.24, 2.45) is 0 Å². The maximum Gasteiger partial charge on any atom is 0.341 e. The van der Waals surface area contributed by atoms with Gasteiger partial charge in [0.1, 0.15) is 16.3 Å². The lowest BCUT2D eigenvalue weighted by molar-refractivity contribution is -0.118. The van der Waals surface area contributed by atoms with E-state index in [1.807, 2.05) is 31.2 Å². The number of hydrogen-bond donors (Lipinski definition) is 1. The molecule has 0 fully saturated rings. The topological polar surface area (TPSA) is 64.6 Å². The fraction of sp³-hybridized carbons (Fsp3) is 0.143. The fourth-order valence-electron chi connectivity index (χ4n) is 2.76. The smallest absolute Gasteiger partial charge is 0.341 e. The molecule has 0 aliphatic heterocycles. The van der Waals surface area contributed by atoms with Gasteiger partial charge in [-0.2, -0.15) is 0 Å². The monoisotopic (exact) mass is 493 g/mol. The van der Waals surface area contributed by atoms with Gasteiger partial charge in [-0.05, 0) is 42.8 Å². The molecule has 1 heterocycles. The van der Waals surface area contributed by atoms with E-state index in [2.05, 4.69) is 21.2 Å². The van der Waals surface area contributed by atoms with Crippen molar-refractivity contribution in [1.82, 2.24) is 0 Å². The summed E-state index contributed by atoms with van der Waals surface area (Å²) < 4.78 is 11.4. The number of ether oxygens (including phenoxy) is 2. The number of halogens is 2. The fourth-order valence-corrected chi connectivity index (χ4v) is 4.29. The van der Waals surface area contributed by atoms with Crippen molar-refractivity contribution in [1.29, 1.82) is 0 Å². The summed E-state index contributed by atoms with van der Waals surface area (Å²) in [5.74, 6) is -0.421. The van der Waals surface area contributed by atoms with Gasteiger partial charge in [-0.1, -0.05) is 45.7 Å². The summed E-state index contributed by atoms with van der Waals surface area (Å²) in [5, 5.41) is 3.71. The van der Waals surface area contributed by atoms with Gasteiger partial charge in [0.05, 0.1) is 7.11 Å². The van der Waals surface area contributed by atoms with Crippen LogP contribution < -0.4 is 10.1 Å². The van der Waals surface area contributed by atoms with Crippen LogP contribution in [0.3, 0.4) is 0 Å². The molecule has 0 radical (unpaired) electrons. The average molecular weight is 495 g/mol. The molecule has 0 saturated heterocycles. The largest absolute Gasteiger partial charge is 0.484 e. The molecule has 1 N–H and O–H groups in total. The minimum Gasteiger partial charge on any atom is -0.484 e. The lowest BCUT2D eigenvalue weighted by Crippen LogP contribution is -2.21. The molecule has 3 aromatic rings. The number of carbonyl (C=O) groups excluding carboxylic acids is 2. The van der Waals surface area contributed by atoms with Gasteiger partial charge < -0.3 is 14.8 Å². The molecule has 29 heavy (non-hydrogen) atoms. The first kappa shape index (κ1) is 21.4. The third-order valence-corrected chi connectivity index (χ3v) is 5.81. The Kier molecular flexibility index (Phi) is 6.95. The number of rotatable bonds is 6. The highest BCUT2D eigenvalue weighted by Gasteiger charge is 2.25. The van der Waals surface area contributed by atoms with Crippen LogP contribution in [0.4, 0.5) is 5.00 Å². The lowest BCUT2D eigenvalue weighted by atomic mass is 10.0. The van der Waals surface area contributed by atoms with Crippen LogP contribution in [0.25, 0.3) is 11.1 Å². The summed E-state index contributed by atoms with van der Waals surface area (Å²) >= 11 is 10.6. The lowest BCUT2D eigenvalue weighted by Gasteiger charge is -2.09. The second kappa shape index (κ2) is 9.43. The number of nitrogens with one attached hydrogen (secondary N) is 1. The molecular weight excluding hydrogens is 478 g/mol. The zero-order valence-electron chi connectivity index (χ0n) is 15.6. The van der Waals surface area contributed by atoms with Crippen molar-refractivity contribution in [2.45, 2.75) is 6.92 Å². The predicted octanol–water partition coefficient (Wildman–Crippen LogP) is 5.94. The molecule has 0 saturated carbocycles. The Morgan fingerprint density at radius 3 is 2.55 bits per heavy atom. The van der Waals surface area contributed by atoms with Crippen LogP contribution in [0.2, 0.25) is 5.02 Å². The Balaban J connectivity index is 1.85. The Morgan fingerprint density at radius 1 is 1.17 bits per heavy atom. The average Bonchev–Trinajstić information content (AvgIpc) is 3.02. The third kappa shape index (κ3) is 5.18. The molecule has 2 aromatic carbocycles. The number of methoxy groups -OCH3 is 1. The number of aryl methyl sites for hydroxylation is 1. The van der Waals surface area contributed by atoms with E-state index in [4.69, 9.17) is 21.1 Å². The van der Waals surface area contributed by atoms with E-state index in [0.717, 1.165) is 20.5 Å². The molecule has 0 aliphatic rings. The SMILES string of the molecule is COC(=O)c1c(NC(=O)COc2cccc(Cl)c2)sc(C)c1-c1ccc(Br)cc1. The van der Waals surface area contributed by atoms with E-state index in [9.17, 15) is 9.59 Å². The van der Waals surface area contributed by atoms with Gasteiger partial charge in [0.25, 0.3) is 5.91 Å². The van der Waals surface area contributed by atoms with Gasteiger partial charge in [0.15, 0.2) is 6.61 Å². The highest BCUT2D eigenvalue weighted by Crippen LogP contribution is 2.40. The summed E-state index contributed by atoms with van der Waals surface area (Å²) in [4.78, 5) is 25.8. The van der Waals surface area contributed by atoms with Crippen molar-refractivity contribution in [3.05, 3.63) is 68.5 Å². The van der Waals surface area contributed by atoms with Crippen LogP contribution in [0.1, 0.15) is 15.2 Å². The molecule has 0 spiro atoms. The second-order valence-electron chi connectivity index (χ2n) is 6.03. The van der Waals surface area contributed by atoms with Crippen molar-refractivity contribution in [2.75, 3.05) is 19.0 Å². The Bertz CT molecular complexity index is 1050. The van der Waals surface area contributed by atoms with Gasteiger partial charge in [-0.3, -0.25) is 4.79 Å². The highest BCUT2D eigenvalue weighted by molar-refractivity contribution is 9.10. The Labute approximate surface area is 185 Å². The standard InChI is InChI=1S/C21H17BrClNO4S/c1-12-18(13-6-8-14(22)9-7-13)19(21(26)27-2)20(29-12)24-17(25)11-28-16-5-3-4-15(23)10-16/h3-10H,11H2,1-2H3,(H,24,25). The Hall–Kier alpha value is -2.35. The van der Waals surface area contributed by atoms with E-state index in [0.29, 0.717) is 21.3 Å². The van der Waals surface area contributed by atoms with Crippen molar-refractivity contribution in [3.63, 3.8) is 0 Å². The summed E-state index contributed by atoms with van der Waals surface area (Å²) in [7, 11) is 1.31. The molecule has 0 aliphatic carbocycles. The van der Waals surface area contributed by atoms with Crippen LogP contribution in [0, 0.1) is 6.92 Å². The van der Waals surface area contributed by atoms with E-state index in [-0.39, 0.29) is 6.61 Å². The summed E-state index contributed by atoms with van der Waals surface area (Å²) in [5.41, 5.74) is 1.92. The van der Waals surface area contributed by atoms with Gasteiger partial charge in [0.2, 0.25) is 0 Å². The summed E-state index contributed by atoms with van der Waals surface area (Å²) in [6.07, 6.45) is 0. The van der Waals surface area contributed by atoms with Gasteiger partial charge in [-0.15, -0.1) is 11.3 Å². The van der Waals surface area contributed by atoms with Crippen LogP contribution >= 0.6 is 38.9 Å². The zero-order valence-corrected chi connectivity index (χ0v) is 18.8. The summed E-state index contributed by atoms with van der Waals surface area (Å²) in [6.45, 7) is 1.68. The number of anilines is 1. The molecule has 3 rings (SSSR count). The van der Waals surface area contributed by atoms with Crippen LogP contribution in [0.15, 0.2) is 53.0 Å². The first-order valence-electron chi connectivity index (χ1n) is 8.55. The van der Waals surface area contributed by atoms with Crippen molar-refractivity contribution in [3.8, 4) is 16.9 Å². The van der Waals surface area contributed by atoms with E-state index < -0.39 is 11.9 Å². The molecule has 0 bridgehead atoms. The van der Waals surface area contributed by atoms with Crippen LogP contribution in [-0.4, -0.2) is 25.6 Å². The van der Waals surface area contributed by atoms with E-state index in [1.165, 1.54) is 18.4 Å². The number of amides is 1. The molecular formula is C21H17BrClNO4S. The van der Waals surface area contributed by atoms with Crippen LogP contribution in [0.5, 0.6) is 5.75 Å². The van der Waals surface area contributed by atoms with Crippen molar-refractivity contribution >= 4 is 55.7 Å². The first-order valence-corrected chi connectivity index (χ1v) is 10.5. The molecule has 0 atom stereocenters. The highest BCUT2D eigenvalue weighted by atomic mass is 79.9. The van der Waals surface area contributed by atoms with E-state index >= 15 is 0 Å². The van der Waals surface area contributed by atoms with Crippen molar-refractivity contribution < 1.29 is 19.1 Å². The molecule has 150 valence electrons. The molecule has 1 amide bonds. The van der Waals surface area contributed by atoms with Gasteiger partial charge in [0, 0.05) is 19.9 Å². The normalized spacial score (nSPS) is 10.5. The zero-order chi connectivity index (χ0) is 21.0. The molecule has 0 unspecified atom stereocenters. The minimum absolute atomic E-state index is 0.217. The van der Waals surface area contributed by atoms with Crippen LogP contribution in [-0.2, 0) is 9.53 Å². The molecule has 8 heteroatoms. The number of esters is 1. The third-order valence-electron chi connectivity index (χ3n) is 4.03.